The van der Waals surface area contributed by atoms with E-state index in [0.717, 1.165) is 37.9 Å². The molecule has 2 unspecified atom stereocenters. The number of carbonyl (C=O) groups excluding carboxylic acids is 1. The fourth-order valence-corrected chi connectivity index (χ4v) is 3.67. The number of hydrogen-bond donors (Lipinski definition) is 2. The molecule has 22 heavy (non-hydrogen) atoms. The Hall–Kier alpha value is -1.55. The summed E-state index contributed by atoms with van der Waals surface area (Å²) in [5.41, 5.74) is 6.46. The predicted octanol–water partition coefficient (Wildman–Crippen LogP) is 2.87. The van der Waals surface area contributed by atoms with Crippen LogP contribution in [0.1, 0.15) is 55.3 Å². The standard InChI is InChI=1S/C18H26N2O2/c19-12-14-6-4-10-17(14)20-18(21)13-5-3-9-16(11-13)22-15-7-1-2-8-15/h3,5,9,11,14-15,17H,1-2,4,6-8,10,12,19H2,(H,20,21). The van der Waals surface area contributed by atoms with E-state index in [1.54, 1.807) is 0 Å². The number of ether oxygens (including phenoxy) is 1. The van der Waals surface area contributed by atoms with E-state index in [9.17, 15) is 4.79 Å². The Balaban J connectivity index is 1.62. The summed E-state index contributed by atoms with van der Waals surface area (Å²) < 4.78 is 5.98. The van der Waals surface area contributed by atoms with Gasteiger partial charge in [-0.3, -0.25) is 4.79 Å². The van der Waals surface area contributed by atoms with Gasteiger partial charge in [0.05, 0.1) is 6.10 Å². The lowest BCUT2D eigenvalue weighted by atomic mass is 10.0. The fourth-order valence-electron chi connectivity index (χ4n) is 3.67. The van der Waals surface area contributed by atoms with Crippen LogP contribution in [0, 0.1) is 5.92 Å². The highest BCUT2D eigenvalue weighted by Gasteiger charge is 2.27. The maximum Gasteiger partial charge on any atom is 0.251 e. The summed E-state index contributed by atoms with van der Waals surface area (Å²) in [5.74, 6) is 1.21. The molecule has 4 heteroatoms. The highest BCUT2D eigenvalue weighted by molar-refractivity contribution is 5.94. The molecule has 0 saturated heterocycles. The lowest BCUT2D eigenvalue weighted by molar-refractivity contribution is 0.0928. The van der Waals surface area contributed by atoms with Crippen LogP contribution in [0.3, 0.4) is 0 Å². The van der Waals surface area contributed by atoms with Crippen molar-refractivity contribution in [2.75, 3.05) is 6.54 Å². The van der Waals surface area contributed by atoms with Gasteiger partial charge in [-0.15, -0.1) is 0 Å². The zero-order valence-electron chi connectivity index (χ0n) is 13.1. The molecule has 4 nitrogen and oxygen atoms in total. The predicted molar refractivity (Wildman–Crippen MR) is 87.0 cm³/mol. The van der Waals surface area contributed by atoms with Crippen molar-refractivity contribution in [2.45, 2.75) is 57.1 Å². The first-order valence-corrected chi connectivity index (χ1v) is 8.54. The molecule has 0 aliphatic heterocycles. The van der Waals surface area contributed by atoms with Gasteiger partial charge in [-0.25, -0.2) is 0 Å². The summed E-state index contributed by atoms with van der Waals surface area (Å²) >= 11 is 0. The molecule has 2 atom stereocenters. The molecule has 0 radical (unpaired) electrons. The van der Waals surface area contributed by atoms with Crippen molar-refractivity contribution in [3.63, 3.8) is 0 Å². The van der Waals surface area contributed by atoms with Crippen molar-refractivity contribution < 1.29 is 9.53 Å². The molecule has 3 rings (SSSR count). The molecule has 0 bridgehead atoms. The molecule has 1 amide bonds. The van der Waals surface area contributed by atoms with Crippen LogP contribution >= 0.6 is 0 Å². The smallest absolute Gasteiger partial charge is 0.251 e. The van der Waals surface area contributed by atoms with E-state index in [-0.39, 0.29) is 11.9 Å². The number of benzene rings is 1. The Morgan fingerprint density at radius 3 is 2.77 bits per heavy atom. The second-order valence-electron chi connectivity index (χ2n) is 6.56. The molecule has 2 aliphatic rings. The molecule has 3 N–H and O–H groups in total. The lowest BCUT2D eigenvalue weighted by Crippen LogP contribution is -2.39. The van der Waals surface area contributed by atoms with E-state index >= 15 is 0 Å². The van der Waals surface area contributed by atoms with Crippen molar-refractivity contribution >= 4 is 5.91 Å². The number of rotatable bonds is 5. The van der Waals surface area contributed by atoms with E-state index in [1.165, 1.54) is 12.8 Å². The summed E-state index contributed by atoms with van der Waals surface area (Å²) in [6, 6.07) is 7.77. The fraction of sp³-hybridized carbons (Fsp3) is 0.611. The topological polar surface area (TPSA) is 64.3 Å². The van der Waals surface area contributed by atoms with Gasteiger partial charge in [0.15, 0.2) is 0 Å². The van der Waals surface area contributed by atoms with Crippen molar-refractivity contribution in [3.8, 4) is 5.75 Å². The van der Waals surface area contributed by atoms with Crippen LogP contribution in [-0.2, 0) is 0 Å². The largest absolute Gasteiger partial charge is 0.490 e. The quantitative estimate of drug-likeness (QED) is 0.879. The molecule has 0 spiro atoms. The summed E-state index contributed by atoms with van der Waals surface area (Å²) in [4.78, 5) is 12.4. The Bertz CT molecular complexity index is 512. The van der Waals surface area contributed by atoms with Crippen LogP contribution in [0.5, 0.6) is 5.75 Å². The second-order valence-corrected chi connectivity index (χ2v) is 6.56. The van der Waals surface area contributed by atoms with Crippen LogP contribution in [0.15, 0.2) is 24.3 Å². The van der Waals surface area contributed by atoms with Crippen molar-refractivity contribution in [2.24, 2.45) is 11.7 Å². The molecule has 2 aliphatic carbocycles. The van der Waals surface area contributed by atoms with Gasteiger partial charge in [0, 0.05) is 11.6 Å². The average molecular weight is 302 g/mol. The van der Waals surface area contributed by atoms with Crippen LogP contribution in [0.25, 0.3) is 0 Å². The normalized spacial score (nSPS) is 25.3. The zero-order chi connectivity index (χ0) is 15.4. The minimum Gasteiger partial charge on any atom is -0.490 e. The van der Waals surface area contributed by atoms with Crippen molar-refractivity contribution in [1.82, 2.24) is 5.32 Å². The average Bonchev–Trinajstić information content (AvgIpc) is 3.19. The SMILES string of the molecule is NCC1CCCC1NC(=O)c1cccc(OC2CCCC2)c1. The third-order valence-corrected chi connectivity index (χ3v) is 4.98. The van der Waals surface area contributed by atoms with Crippen LogP contribution in [0.4, 0.5) is 0 Å². The monoisotopic (exact) mass is 302 g/mol. The first-order chi connectivity index (χ1) is 10.8. The summed E-state index contributed by atoms with van der Waals surface area (Å²) in [7, 11) is 0. The van der Waals surface area contributed by atoms with E-state index in [1.807, 2.05) is 24.3 Å². The number of amides is 1. The number of carbonyl (C=O) groups is 1. The van der Waals surface area contributed by atoms with Gasteiger partial charge >= 0.3 is 0 Å². The summed E-state index contributed by atoms with van der Waals surface area (Å²) in [6.07, 6.45) is 8.35. The van der Waals surface area contributed by atoms with Gasteiger partial charge in [-0.1, -0.05) is 12.5 Å². The Morgan fingerprint density at radius 2 is 2.00 bits per heavy atom. The van der Waals surface area contributed by atoms with Gasteiger partial charge < -0.3 is 15.8 Å². The van der Waals surface area contributed by atoms with Crippen molar-refractivity contribution in [1.29, 1.82) is 0 Å². The summed E-state index contributed by atoms with van der Waals surface area (Å²) in [6.45, 7) is 0.649. The van der Waals surface area contributed by atoms with Gasteiger partial charge in [0.25, 0.3) is 5.91 Å². The first kappa shape index (κ1) is 15.3. The maximum absolute atomic E-state index is 12.4. The zero-order valence-corrected chi connectivity index (χ0v) is 13.1. The number of nitrogens with two attached hydrogens (primary N) is 1. The molecule has 120 valence electrons. The molecule has 1 aromatic carbocycles. The minimum atomic E-state index is -0.0118. The Kier molecular flexibility index (Phi) is 4.98. The molecular weight excluding hydrogens is 276 g/mol. The molecule has 0 heterocycles. The number of hydrogen-bond acceptors (Lipinski definition) is 3. The third-order valence-electron chi connectivity index (χ3n) is 4.98. The highest BCUT2D eigenvalue weighted by Crippen LogP contribution is 2.26. The Morgan fingerprint density at radius 1 is 1.18 bits per heavy atom. The van der Waals surface area contributed by atoms with Gasteiger partial charge in [-0.05, 0) is 69.2 Å². The van der Waals surface area contributed by atoms with Crippen LogP contribution < -0.4 is 15.8 Å². The maximum atomic E-state index is 12.4. The molecular formula is C18H26N2O2. The first-order valence-electron chi connectivity index (χ1n) is 8.54. The third kappa shape index (κ3) is 3.61. The van der Waals surface area contributed by atoms with Gasteiger partial charge in [0.2, 0.25) is 0 Å². The Labute approximate surface area is 132 Å². The summed E-state index contributed by atoms with van der Waals surface area (Å²) in [5, 5.41) is 3.14. The van der Waals surface area contributed by atoms with Gasteiger partial charge in [0.1, 0.15) is 5.75 Å². The van der Waals surface area contributed by atoms with E-state index in [4.69, 9.17) is 10.5 Å². The van der Waals surface area contributed by atoms with Crippen molar-refractivity contribution in [3.05, 3.63) is 29.8 Å². The molecule has 2 saturated carbocycles. The molecule has 0 aromatic heterocycles. The van der Waals surface area contributed by atoms with E-state index < -0.39 is 0 Å². The van der Waals surface area contributed by atoms with Crippen LogP contribution in [0.2, 0.25) is 0 Å². The molecule has 1 aromatic rings. The minimum absolute atomic E-state index is 0.0118. The van der Waals surface area contributed by atoms with E-state index in [0.29, 0.717) is 24.1 Å². The number of nitrogens with one attached hydrogen (secondary N) is 1. The van der Waals surface area contributed by atoms with Crippen LogP contribution in [-0.4, -0.2) is 24.6 Å². The molecule has 2 fully saturated rings. The lowest BCUT2D eigenvalue weighted by Gasteiger charge is -2.20. The second kappa shape index (κ2) is 7.14. The highest BCUT2D eigenvalue weighted by atomic mass is 16.5. The van der Waals surface area contributed by atoms with E-state index in [2.05, 4.69) is 5.32 Å². The van der Waals surface area contributed by atoms with Gasteiger partial charge in [-0.2, -0.15) is 0 Å².